The van der Waals surface area contributed by atoms with E-state index in [2.05, 4.69) is 25.7 Å². The molecule has 0 aliphatic heterocycles. The van der Waals surface area contributed by atoms with Crippen molar-refractivity contribution in [1.29, 1.82) is 0 Å². The summed E-state index contributed by atoms with van der Waals surface area (Å²) in [6.07, 6.45) is 1.40. The number of hydrogen-bond donors (Lipinski definition) is 1. The van der Waals surface area contributed by atoms with Crippen molar-refractivity contribution < 1.29 is 14.2 Å². The fourth-order valence-electron chi connectivity index (χ4n) is 1.51. The van der Waals surface area contributed by atoms with Crippen LogP contribution in [0.2, 0.25) is 0 Å². The minimum absolute atomic E-state index is 0.0164. The number of rotatable bonds is 6. The van der Waals surface area contributed by atoms with E-state index in [1.165, 1.54) is 12.1 Å². The zero-order valence-electron chi connectivity index (χ0n) is 11.6. The summed E-state index contributed by atoms with van der Waals surface area (Å²) in [7, 11) is 0. The second-order valence-corrected chi connectivity index (χ2v) is 4.81. The first kappa shape index (κ1) is 15.7. The van der Waals surface area contributed by atoms with Gasteiger partial charge < -0.3 is 9.84 Å². The highest BCUT2D eigenvalue weighted by atomic mass is 19.1. The Bertz CT molecular complexity index is 444. The molecule has 0 bridgehead atoms. The Morgan fingerprint density at radius 1 is 1.37 bits per heavy atom. The fraction of sp³-hybridized carbons (Fsp3) is 0.500. The Morgan fingerprint density at radius 2 is 2.16 bits per heavy atom. The highest BCUT2D eigenvalue weighted by Gasteiger charge is 2.03. The van der Waals surface area contributed by atoms with E-state index in [9.17, 15) is 4.39 Å². The standard InChI is InChI=1S/C16H21FO2/c1-13(2)8-10-19-12-15-6-7-16(17)11-14(15)5-3-4-9-18/h6-7,11,13,18H,4,8-10,12H2,1-2H3. The maximum atomic E-state index is 13.2. The third-order valence-corrected chi connectivity index (χ3v) is 2.63. The molecule has 0 saturated heterocycles. The smallest absolute Gasteiger partial charge is 0.124 e. The quantitative estimate of drug-likeness (QED) is 0.632. The lowest BCUT2D eigenvalue weighted by molar-refractivity contribution is 0.110. The SMILES string of the molecule is CC(C)CCOCc1ccc(F)cc1C#CCCO. The van der Waals surface area contributed by atoms with Crippen LogP contribution in [0.3, 0.4) is 0 Å². The van der Waals surface area contributed by atoms with Gasteiger partial charge in [-0.05, 0) is 30.0 Å². The van der Waals surface area contributed by atoms with Gasteiger partial charge in [-0.2, -0.15) is 0 Å². The third-order valence-electron chi connectivity index (χ3n) is 2.63. The number of aliphatic hydroxyl groups excluding tert-OH is 1. The summed E-state index contributed by atoms with van der Waals surface area (Å²) in [5.41, 5.74) is 1.52. The van der Waals surface area contributed by atoms with E-state index in [4.69, 9.17) is 9.84 Å². The van der Waals surface area contributed by atoms with Crippen LogP contribution in [-0.4, -0.2) is 18.3 Å². The summed E-state index contributed by atoms with van der Waals surface area (Å²) < 4.78 is 18.8. The van der Waals surface area contributed by atoms with Gasteiger partial charge in [-0.15, -0.1) is 0 Å². The molecule has 3 heteroatoms. The maximum Gasteiger partial charge on any atom is 0.124 e. The minimum Gasteiger partial charge on any atom is -0.395 e. The molecule has 0 amide bonds. The van der Waals surface area contributed by atoms with Crippen LogP contribution < -0.4 is 0 Å². The Morgan fingerprint density at radius 3 is 2.84 bits per heavy atom. The first-order valence-electron chi connectivity index (χ1n) is 6.59. The third kappa shape index (κ3) is 6.37. The molecule has 0 saturated carbocycles. The summed E-state index contributed by atoms with van der Waals surface area (Å²) in [6, 6.07) is 4.53. The summed E-state index contributed by atoms with van der Waals surface area (Å²) in [4.78, 5) is 0. The van der Waals surface area contributed by atoms with Crippen molar-refractivity contribution >= 4 is 0 Å². The molecule has 0 heterocycles. The average molecular weight is 264 g/mol. The van der Waals surface area contributed by atoms with Gasteiger partial charge in [0, 0.05) is 18.6 Å². The van der Waals surface area contributed by atoms with Crippen LogP contribution in [0.1, 0.15) is 37.8 Å². The Balaban J connectivity index is 2.64. The molecule has 19 heavy (non-hydrogen) atoms. The molecular formula is C16H21FO2. The van der Waals surface area contributed by atoms with Crippen LogP contribution in [0, 0.1) is 23.6 Å². The first-order valence-corrected chi connectivity index (χ1v) is 6.59. The van der Waals surface area contributed by atoms with E-state index >= 15 is 0 Å². The van der Waals surface area contributed by atoms with Crippen molar-refractivity contribution in [2.24, 2.45) is 5.92 Å². The molecule has 2 nitrogen and oxygen atoms in total. The molecule has 104 valence electrons. The highest BCUT2D eigenvalue weighted by Crippen LogP contribution is 2.12. The van der Waals surface area contributed by atoms with Crippen molar-refractivity contribution in [2.75, 3.05) is 13.2 Å². The van der Waals surface area contributed by atoms with E-state index in [0.29, 0.717) is 31.1 Å². The van der Waals surface area contributed by atoms with E-state index in [1.807, 2.05) is 0 Å². The molecule has 0 radical (unpaired) electrons. The normalized spacial score (nSPS) is 10.4. The van der Waals surface area contributed by atoms with Crippen LogP contribution in [0.5, 0.6) is 0 Å². The van der Waals surface area contributed by atoms with E-state index < -0.39 is 0 Å². The van der Waals surface area contributed by atoms with Gasteiger partial charge >= 0.3 is 0 Å². The number of halogens is 1. The zero-order chi connectivity index (χ0) is 14.1. The van der Waals surface area contributed by atoms with Crippen LogP contribution in [0.4, 0.5) is 4.39 Å². The van der Waals surface area contributed by atoms with E-state index in [1.54, 1.807) is 6.07 Å². The second-order valence-electron chi connectivity index (χ2n) is 4.81. The maximum absolute atomic E-state index is 13.2. The van der Waals surface area contributed by atoms with Crippen LogP contribution in [0.15, 0.2) is 18.2 Å². The summed E-state index contributed by atoms with van der Waals surface area (Å²) in [5.74, 6) is 5.98. The molecule has 0 aliphatic rings. The molecule has 1 aromatic carbocycles. The van der Waals surface area contributed by atoms with Crippen molar-refractivity contribution in [3.8, 4) is 11.8 Å². The fourth-order valence-corrected chi connectivity index (χ4v) is 1.51. The molecule has 1 aromatic rings. The Labute approximate surface area is 114 Å². The molecule has 1 rings (SSSR count). The number of benzene rings is 1. The van der Waals surface area contributed by atoms with Crippen LogP contribution in [0.25, 0.3) is 0 Å². The highest BCUT2D eigenvalue weighted by molar-refractivity contribution is 5.41. The van der Waals surface area contributed by atoms with Crippen molar-refractivity contribution in [2.45, 2.75) is 33.3 Å². The van der Waals surface area contributed by atoms with Gasteiger partial charge in [0.25, 0.3) is 0 Å². The largest absolute Gasteiger partial charge is 0.395 e. The zero-order valence-corrected chi connectivity index (χ0v) is 11.6. The van der Waals surface area contributed by atoms with Gasteiger partial charge in [0.15, 0.2) is 0 Å². The number of hydrogen-bond acceptors (Lipinski definition) is 2. The summed E-state index contributed by atoms with van der Waals surface area (Å²) in [6.45, 7) is 5.44. The molecular weight excluding hydrogens is 243 g/mol. The lowest BCUT2D eigenvalue weighted by Gasteiger charge is -2.08. The molecule has 1 N–H and O–H groups in total. The van der Waals surface area contributed by atoms with Gasteiger partial charge in [0.2, 0.25) is 0 Å². The number of ether oxygens (including phenoxy) is 1. The summed E-state index contributed by atoms with van der Waals surface area (Å²) in [5, 5.41) is 8.69. The molecule has 0 atom stereocenters. The average Bonchev–Trinajstić information content (AvgIpc) is 2.36. The van der Waals surface area contributed by atoms with Gasteiger partial charge in [-0.25, -0.2) is 4.39 Å². The topological polar surface area (TPSA) is 29.5 Å². The predicted molar refractivity (Wildman–Crippen MR) is 74.1 cm³/mol. The van der Waals surface area contributed by atoms with Gasteiger partial charge in [0.1, 0.15) is 5.82 Å². The van der Waals surface area contributed by atoms with Gasteiger partial charge in [0.05, 0.1) is 13.2 Å². The van der Waals surface area contributed by atoms with Crippen molar-refractivity contribution in [3.63, 3.8) is 0 Å². The molecule has 0 fully saturated rings. The minimum atomic E-state index is -0.306. The second kappa shape index (κ2) is 8.68. The van der Waals surface area contributed by atoms with Gasteiger partial charge in [-0.1, -0.05) is 31.8 Å². The molecule has 0 aliphatic carbocycles. The summed E-state index contributed by atoms with van der Waals surface area (Å²) >= 11 is 0. The van der Waals surface area contributed by atoms with Crippen molar-refractivity contribution in [1.82, 2.24) is 0 Å². The predicted octanol–water partition coefficient (Wildman–Crippen LogP) is 3.12. The molecule has 0 aromatic heterocycles. The molecule has 0 spiro atoms. The Hall–Kier alpha value is -1.37. The van der Waals surface area contributed by atoms with Crippen molar-refractivity contribution in [3.05, 3.63) is 35.1 Å². The first-order chi connectivity index (χ1) is 9.13. The Kier molecular flexibility index (Phi) is 7.17. The lowest BCUT2D eigenvalue weighted by atomic mass is 10.1. The monoisotopic (exact) mass is 264 g/mol. The van der Waals surface area contributed by atoms with E-state index in [-0.39, 0.29) is 12.4 Å². The van der Waals surface area contributed by atoms with E-state index in [0.717, 1.165) is 12.0 Å². The van der Waals surface area contributed by atoms with Gasteiger partial charge in [-0.3, -0.25) is 0 Å². The van der Waals surface area contributed by atoms with Crippen LogP contribution in [-0.2, 0) is 11.3 Å². The number of aliphatic hydroxyl groups is 1. The van der Waals surface area contributed by atoms with Crippen LogP contribution >= 0.6 is 0 Å². The molecule has 0 unspecified atom stereocenters. The lowest BCUT2D eigenvalue weighted by Crippen LogP contribution is -2.01.